The number of nitrogens with zero attached hydrogens (tertiary/aromatic N) is 1. The maximum Gasteiger partial charge on any atom is 0.343 e. The van der Waals surface area contributed by atoms with Crippen molar-refractivity contribution in [2.75, 3.05) is 0 Å². The molecule has 2 aromatic rings. The standard InChI is InChI=1S/C17H15NO2/c1-2-5-14-6-3-4-7-16(14)17(19)20-15-10-8-13(12-18)9-11-15/h3-4,6-11H,2,5H2,1H3. The van der Waals surface area contributed by atoms with E-state index in [-0.39, 0.29) is 5.97 Å². The molecule has 20 heavy (non-hydrogen) atoms. The minimum absolute atomic E-state index is 0.362. The lowest BCUT2D eigenvalue weighted by molar-refractivity contribution is 0.0733. The average Bonchev–Trinajstić information content (AvgIpc) is 2.49. The van der Waals surface area contributed by atoms with E-state index in [1.807, 2.05) is 24.3 Å². The lowest BCUT2D eigenvalue weighted by atomic mass is 10.0. The van der Waals surface area contributed by atoms with Crippen LogP contribution in [0, 0.1) is 11.3 Å². The third-order valence-electron chi connectivity index (χ3n) is 2.95. The molecule has 0 aliphatic rings. The molecule has 0 atom stereocenters. The summed E-state index contributed by atoms with van der Waals surface area (Å²) in [6.07, 6.45) is 1.82. The van der Waals surface area contributed by atoms with E-state index in [2.05, 4.69) is 6.92 Å². The van der Waals surface area contributed by atoms with E-state index < -0.39 is 0 Å². The van der Waals surface area contributed by atoms with Gasteiger partial charge < -0.3 is 4.74 Å². The molecule has 100 valence electrons. The van der Waals surface area contributed by atoms with Crippen LogP contribution < -0.4 is 4.74 Å². The van der Waals surface area contributed by atoms with Crippen molar-refractivity contribution in [2.24, 2.45) is 0 Å². The van der Waals surface area contributed by atoms with Gasteiger partial charge in [-0.15, -0.1) is 0 Å². The second-order valence-corrected chi connectivity index (χ2v) is 4.43. The zero-order valence-corrected chi connectivity index (χ0v) is 11.3. The Morgan fingerprint density at radius 1 is 1.15 bits per heavy atom. The molecule has 2 rings (SSSR count). The van der Waals surface area contributed by atoms with Crippen LogP contribution in [0.2, 0.25) is 0 Å². The fraction of sp³-hybridized carbons (Fsp3) is 0.176. The van der Waals surface area contributed by atoms with Crippen molar-refractivity contribution in [3.63, 3.8) is 0 Å². The second-order valence-electron chi connectivity index (χ2n) is 4.43. The van der Waals surface area contributed by atoms with Gasteiger partial charge in [0.2, 0.25) is 0 Å². The van der Waals surface area contributed by atoms with E-state index in [1.54, 1.807) is 30.3 Å². The minimum atomic E-state index is -0.362. The van der Waals surface area contributed by atoms with Gasteiger partial charge in [-0.1, -0.05) is 31.5 Å². The Labute approximate surface area is 118 Å². The van der Waals surface area contributed by atoms with E-state index in [1.165, 1.54) is 0 Å². The van der Waals surface area contributed by atoms with Crippen molar-refractivity contribution in [3.05, 3.63) is 65.2 Å². The van der Waals surface area contributed by atoms with Gasteiger partial charge in [0.1, 0.15) is 5.75 Å². The highest BCUT2D eigenvalue weighted by molar-refractivity contribution is 5.92. The monoisotopic (exact) mass is 265 g/mol. The molecule has 0 saturated carbocycles. The van der Waals surface area contributed by atoms with Crippen LogP contribution in [0.3, 0.4) is 0 Å². The summed E-state index contributed by atoms with van der Waals surface area (Å²) in [7, 11) is 0. The summed E-state index contributed by atoms with van der Waals surface area (Å²) in [5.41, 5.74) is 2.13. The lowest BCUT2D eigenvalue weighted by Gasteiger charge is -2.08. The summed E-state index contributed by atoms with van der Waals surface area (Å²) >= 11 is 0. The molecule has 0 aliphatic carbocycles. The Bertz CT molecular complexity index is 639. The summed E-state index contributed by atoms with van der Waals surface area (Å²) < 4.78 is 5.34. The third-order valence-corrected chi connectivity index (χ3v) is 2.95. The number of esters is 1. The molecular weight excluding hydrogens is 250 g/mol. The fourth-order valence-electron chi connectivity index (χ4n) is 1.97. The molecule has 3 heteroatoms. The second kappa shape index (κ2) is 6.53. The first-order valence-corrected chi connectivity index (χ1v) is 6.55. The molecule has 3 nitrogen and oxygen atoms in total. The maximum atomic E-state index is 12.2. The van der Waals surface area contributed by atoms with Gasteiger partial charge in [-0.25, -0.2) is 4.79 Å². The number of hydrogen-bond donors (Lipinski definition) is 0. The molecule has 0 spiro atoms. The third kappa shape index (κ3) is 3.24. The Hall–Kier alpha value is -2.60. The average molecular weight is 265 g/mol. The molecule has 0 aliphatic heterocycles. The number of aryl methyl sites for hydroxylation is 1. The zero-order valence-electron chi connectivity index (χ0n) is 11.3. The van der Waals surface area contributed by atoms with E-state index >= 15 is 0 Å². The van der Waals surface area contributed by atoms with Gasteiger partial charge >= 0.3 is 5.97 Å². The first-order chi connectivity index (χ1) is 9.74. The van der Waals surface area contributed by atoms with Crippen molar-refractivity contribution in [3.8, 4) is 11.8 Å². The lowest BCUT2D eigenvalue weighted by Crippen LogP contribution is -2.11. The van der Waals surface area contributed by atoms with Gasteiger partial charge in [-0.3, -0.25) is 0 Å². The molecule has 0 N–H and O–H groups in total. The molecule has 0 aromatic heterocycles. The normalized spacial score (nSPS) is 9.80. The smallest absolute Gasteiger partial charge is 0.343 e. The van der Waals surface area contributed by atoms with Crippen molar-refractivity contribution in [1.29, 1.82) is 5.26 Å². The summed E-state index contributed by atoms with van der Waals surface area (Å²) in [6, 6.07) is 16.0. The van der Waals surface area contributed by atoms with E-state index in [0.717, 1.165) is 18.4 Å². The molecular formula is C17H15NO2. The van der Waals surface area contributed by atoms with Crippen LogP contribution in [0.5, 0.6) is 5.75 Å². The molecule has 0 radical (unpaired) electrons. The number of benzene rings is 2. The summed E-state index contributed by atoms with van der Waals surface area (Å²) in [5, 5.41) is 8.73. The summed E-state index contributed by atoms with van der Waals surface area (Å²) in [4.78, 5) is 12.2. The van der Waals surface area contributed by atoms with Gasteiger partial charge in [-0.2, -0.15) is 5.26 Å². The summed E-state index contributed by atoms with van der Waals surface area (Å²) in [6.45, 7) is 2.07. The number of ether oxygens (including phenoxy) is 1. The van der Waals surface area contributed by atoms with Gasteiger partial charge in [0.15, 0.2) is 0 Å². The molecule has 0 saturated heterocycles. The SMILES string of the molecule is CCCc1ccccc1C(=O)Oc1ccc(C#N)cc1. The molecule has 0 fully saturated rings. The van der Waals surface area contributed by atoms with E-state index in [9.17, 15) is 4.79 Å². The number of carbonyl (C=O) groups is 1. The van der Waals surface area contributed by atoms with E-state index in [4.69, 9.17) is 10.00 Å². The Balaban J connectivity index is 2.17. The Morgan fingerprint density at radius 2 is 1.85 bits per heavy atom. The van der Waals surface area contributed by atoms with Crippen LogP contribution in [0.1, 0.15) is 34.8 Å². The van der Waals surface area contributed by atoms with Crippen LogP contribution in [0.15, 0.2) is 48.5 Å². The molecule has 0 bridgehead atoms. The van der Waals surface area contributed by atoms with Crippen molar-refractivity contribution in [1.82, 2.24) is 0 Å². The highest BCUT2D eigenvalue weighted by Gasteiger charge is 2.12. The predicted molar refractivity (Wildman–Crippen MR) is 76.6 cm³/mol. The van der Waals surface area contributed by atoms with Gasteiger partial charge in [0.25, 0.3) is 0 Å². The molecule has 2 aromatic carbocycles. The topological polar surface area (TPSA) is 50.1 Å². The molecule has 0 heterocycles. The van der Waals surface area contributed by atoms with Crippen LogP contribution in [-0.2, 0) is 6.42 Å². The van der Waals surface area contributed by atoms with Gasteiger partial charge in [0, 0.05) is 0 Å². The number of rotatable bonds is 4. The van der Waals surface area contributed by atoms with Gasteiger partial charge in [0.05, 0.1) is 17.2 Å². The highest BCUT2D eigenvalue weighted by Crippen LogP contribution is 2.17. The number of carbonyl (C=O) groups excluding carboxylic acids is 1. The van der Waals surface area contributed by atoms with Crippen molar-refractivity contribution in [2.45, 2.75) is 19.8 Å². The quantitative estimate of drug-likeness (QED) is 0.625. The first kappa shape index (κ1) is 13.8. The maximum absolute atomic E-state index is 12.2. The van der Waals surface area contributed by atoms with Gasteiger partial charge in [-0.05, 0) is 42.3 Å². The van der Waals surface area contributed by atoms with Crippen LogP contribution in [0.25, 0.3) is 0 Å². The number of nitriles is 1. The summed E-state index contributed by atoms with van der Waals surface area (Å²) in [5.74, 6) is 0.0825. The van der Waals surface area contributed by atoms with Crippen molar-refractivity contribution < 1.29 is 9.53 Å². The predicted octanol–water partition coefficient (Wildman–Crippen LogP) is 3.73. The fourth-order valence-corrected chi connectivity index (χ4v) is 1.97. The van der Waals surface area contributed by atoms with Crippen LogP contribution in [0.4, 0.5) is 0 Å². The zero-order chi connectivity index (χ0) is 14.4. The molecule has 0 unspecified atom stereocenters. The van der Waals surface area contributed by atoms with Crippen molar-refractivity contribution >= 4 is 5.97 Å². The van der Waals surface area contributed by atoms with Crippen LogP contribution in [-0.4, -0.2) is 5.97 Å². The Kier molecular flexibility index (Phi) is 4.52. The number of hydrogen-bond acceptors (Lipinski definition) is 3. The highest BCUT2D eigenvalue weighted by atomic mass is 16.5. The van der Waals surface area contributed by atoms with E-state index in [0.29, 0.717) is 16.9 Å². The largest absolute Gasteiger partial charge is 0.423 e. The first-order valence-electron chi connectivity index (χ1n) is 6.55. The van der Waals surface area contributed by atoms with Crippen LogP contribution >= 0.6 is 0 Å². The molecule has 0 amide bonds. The Morgan fingerprint density at radius 3 is 2.50 bits per heavy atom. The minimum Gasteiger partial charge on any atom is -0.423 e.